The molecule has 32 heavy (non-hydrogen) atoms. The predicted octanol–water partition coefficient (Wildman–Crippen LogP) is 7.21. The third-order valence-corrected chi connectivity index (χ3v) is 8.61. The van der Waals surface area contributed by atoms with Gasteiger partial charge in [-0.05, 0) is 61.1 Å². The van der Waals surface area contributed by atoms with Gasteiger partial charge in [-0.25, -0.2) is 4.79 Å². The molecule has 1 saturated carbocycles. The summed E-state index contributed by atoms with van der Waals surface area (Å²) in [6, 6.07) is 12.9. The van der Waals surface area contributed by atoms with Crippen molar-refractivity contribution in [2.75, 3.05) is 18.4 Å². The molecule has 1 aromatic heterocycles. The zero-order valence-corrected chi connectivity index (χ0v) is 20.3. The van der Waals surface area contributed by atoms with Crippen molar-refractivity contribution in [3.05, 3.63) is 41.8 Å². The van der Waals surface area contributed by atoms with Crippen molar-refractivity contribution < 1.29 is 9.53 Å². The number of nitrogens with zero attached hydrogens (tertiary/aromatic N) is 1. The maximum absolute atomic E-state index is 12.7. The van der Waals surface area contributed by atoms with Gasteiger partial charge in [-0.3, -0.25) is 10.2 Å². The summed E-state index contributed by atoms with van der Waals surface area (Å²) < 4.78 is 5.95. The van der Waals surface area contributed by atoms with Gasteiger partial charge in [0.15, 0.2) is 0 Å². The smallest absolute Gasteiger partial charge is 0.411 e. The van der Waals surface area contributed by atoms with Crippen molar-refractivity contribution in [1.29, 1.82) is 0 Å². The number of ether oxygens (including phenoxy) is 1. The van der Waals surface area contributed by atoms with Crippen molar-refractivity contribution in [2.24, 2.45) is 11.8 Å². The molecule has 1 amide bonds. The molecular weight excluding hydrogens is 440 g/mol. The third-order valence-electron chi connectivity index (χ3n) is 7.65. The summed E-state index contributed by atoms with van der Waals surface area (Å²) in [7, 11) is 0. The van der Waals surface area contributed by atoms with Crippen molar-refractivity contribution in [1.82, 2.24) is 4.90 Å². The van der Waals surface area contributed by atoms with Crippen LogP contribution in [0.4, 0.5) is 10.5 Å². The minimum atomic E-state index is -0.312. The van der Waals surface area contributed by atoms with Gasteiger partial charge in [0.2, 0.25) is 0 Å². The molecule has 6 rings (SSSR count). The number of rotatable bonds is 6. The van der Waals surface area contributed by atoms with E-state index in [0.717, 1.165) is 35.0 Å². The summed E-state index contributed by atoms with van der Waals surface area (Å²) in [6.45, 7) is 2.08. The molecule has 4 aliphatic rings. The normalized spacial score (nSPS) is 27.5. The average molecular weight is 475 g/mol. The van der Waals surface area contributed by atoms with Crippen LogP contribution in [0.5, 0.6) is 0 Å². The number of halogens is 1. The fourth-order valence-electron chi connectivity index (χ4n) is 5.92. The minimum Gasteiger partial charge on any atom is -0.444 e. The standard InChI is InChI=1S/C26H34N2O2S.ClH/c29-26(27-23-14-16-31-25(23)20-9-5-2-6-10-20)30-24-18-28-15-13-21(24)17-22(28)12-11-19-7-3-1-4-8-19;/h2,5-6,9-10,14,16,19,21-22,24H,1,3-4,7-8,11-13,15,17-18H2,(H,27,29);1H. The second kappa shape index (κ2) is 11.0. The number of piperidine rings is 3. The Balaban J connectivity index is 0.00000245. The first-order valence-electron chi connectivity index (χ1n) is 12.1. The lowest BCUT2D eigenvalue weighted by molar-refractivity contribution is -0.0611. The van der Waals surface area contributed by atoms with Gasteiger partial charge in [-0.1, -0.05) is 62.4 Å². The molecule has 4 nitrogen and oxygen atoms in total. The molecule has 3 aliphatic heterocycles. The molecule has 3 saturated heterocycles. The second-order valence-electron chi connectivity index (χ2n) is 9.61. The Morgan fingerprint density at radius 3 is 2.62 bits per heavy atom. The molecule has 0 radical (unpaired) electrons. The molecule has 174 valence electrons. The van der Waals surface area contributed by atoms with Crippen LogP contribution >= 0.6 is 23.7 Å². The monoisotopic (exact) mass is 474 g/mol. The summed E-state index contributed by atoms with van der Waals surface area (Å²) in [5, 5.41) is 5.02. The fourth-order valence-corrected chi connectivity index (χ4v) is 6.78. The van der Waals surface area contributed by atoms with Crippen LogP contribution in [0.15, 0.2) is 41.8 Å². The predicted molar refractivity (Wildman–Crippen MR) is 135 cm³/mol. The van der Waals surface area contributed by atoms with Crippen LogP contribution in [0, 0.1) is 11.8 Å². The number of hydrogen-bond donors (Lipinski definition) is 1. The lowest BCUT2D eigenvalue weighted by Crippen LogP contribution is -2.57. The zero-order valence-electron chi connectivity index (χ0n) is 18.7. The fraction of sp³-hybridized carbons (Fsp3) is 0.577. The molecule has 0 spiro atoms. The molecule has 6 heteroatoms. The van der Waals surface area contributed by atoms with E-state index in [4.69, 9.17) is 4.74 Å². The molecule has 2 bridgehead atoms. The van der Waals surface area contributed by atoms with Crippen LogP contribution < -0.4 is 5.32 Å². The van der Waals surface area contributed by atoms with Crippen LogP contribution in [0.3, 0.4) is 0 Å². The number of thiophene rings is 1. The number of fused-ring (bicyclic) bond motifs is 3. The number of nitrogens with one attached hydrogen (secondary N) is 1. The molecule has 1 aliphatic carbocycles. The summed E-state index contributed by atoms with van der Waals surface area (Å²) >= 11 is 1.64. The van der Waals surface area contributed by atoms with Crippen molar-refractivity contribution in [2.45, 2.75) is 69.9 Å². The maximum Gasteiger partial charge on any atom is 0.411 e. The van der Waals surface area contributed by atoms with Gasteiger partial charge in [-0.2, -0.15) is 0 Å². The number of benzene rings is 1. The molecule has 2 aromatic rings. The highest BCUT2D eigenvalue weighted by Gasteiger charge is 2.42. The molecule has 4 fully saturated rings. The summed E-state index contributed by atoms with van der Waals surface area (Å²) in [6.07, 6.45) is 12.0. The van der Waals surface area contributed by atoms with E-state index in [1.165, 1.54) is 57.9 Å². The van der Waals surface area contributed by atoms with E-state index in [-0.39, 0.29) is 24.6 Å². The molecule has 1 aromatic carbocycles. The number of anilines is 1. The topological polar surface area (TPSA) is 41.6 Å². The largest absolute Gasteiger partial charge is 0.444 e. The summed E-state index contributed by atoms with van der Waals surface area (Å²) in [5.41, 5.74) is 1.96. The Labute approximate surface area is 202 Å². The molecular formula is C26H35ClN2O2S. The molecule has 4 heterocycles. The van der Waals surface area contributed by atoms with E-state index in [1.54, 1.807) is 11.3 Å². The quantitative estimate of drug-likeness (QED) is 0.480. The Morgan fingerprint density at radius 1 is 1.06 bits per heavy atom. The van der Waals surface area contributed by atoms with Crippen molar-refractivity contribution in [3.8, 4) is 10.4 Å². The first-order valence-corrected chi connectivity index (χ1v) is 13.0. The highest BCUT2D eigenvalue weighted by atomic mass is 35.5. The lowest BCUT2D eigenvalue weighted by atomic mass is 9.77. The Bertz CT molecular complexity index is 868. The van der Waals surface area contributed by atoms with E-state index in [9.17, 15) is 4.79 Å². The van der Waals surface area contributed by atoms with Crippen LogP contribution in [-0.4, -0.2) is 36.2 Å². The van der Waals surface area contributed by atoms with E-state index in [1.807, 2.05) is 29.6 Å². The van der Waals surface area contributed by atoms with Crippen LogP contribution in [0.2, 0.25) is 0 Å². The Hall–Kier alpha value is -1.56. The van der Waals surface area contributed by atoms with E-state index in [2.05, 4.69) is 22.3 Å². The van der Waals surface area contributed by atoms with E-state index in [0.29, 0.717) is 12.0 Å². The zero-order chi connectivity index (χ0) is 21.0. The van der Waals surface area contributed by atoms with Gasteiger partial charge in [0.1, 0.15) is 6.10 Å². The SMILES string of the molecule is Cl.O=C(Nc1ccsc1-c1ccccc1)OC1CN2CCC1CC2CCC1CCCCC1. The molecule has 4 unspecified atom stereocenters. The minimum absolute atomic E-state index is 0. The van der Waals surface area contributed by atoms with Crippen LogP contribution in [-0.2, 0) is 4.74 Å². The highest BCUT2D eigenvalue weighted by molar-refractivity contribution is 7.14. The maximum atomic E-state index is 12.7. The summed E-state index contributed by atoms with van der Waals surface area (Å²) in [4.78, 5) is 16.4. The molecule has 1 N–H and O–H groups in total. The summed E-state index contributed by atoms with van der Waals surface area (Å²) in [5.74, 6) is 1.47. The third kappa shape index (κ3) is 5.49. The van der Waals surface area contributed by atoms with Gasteiger partial charge >= 0.3 is 6.09 Å². The average Bonchev–Trinajstić information content (AvgIpc) is 3.27. The number of hydrogen-bond acceptors (Lipinski definition) is 4. The Kier molecular flexibility index (Phi) is 8.14. The van der Waals surface area contributed by atoms with Gasteiger partial charge in [0.05, 0.1) is 10.6 Å². The second-order valence-corrected chi connectivity index (χ2v) is 10.5. The highest BCUT2D eigenvalue weighted by Crippen LogP contribution is 2.38. The van der Waals surface area contributed by atoms with Crippen LogP contribution in [0.25, 0.3) is 10.4 Å². The van der Waals surface area contributed by atoms with Crippen LogP contribution in [0.1, 0.15) is 57.8 Å². The number of amides is 1. The van der Waals surface area contributed by atoms with Crippen molar-refractivity contribution in [3.63, 3.8) is 0 Å². The van der Waals surface area contributed by atoms with E-state index >= 15 is 0 Å². The first-order chi connectivity index (χ1) is 15.3. The van der Waals surface area contributed by atoms with E-state index < -0.39 is 0 Å². The van der Waals surface area contributed by atoms with Gasteiger partial charge in [-0.15, -0.1) is 23.7 Å². The van der Waals surface area contributed by atoms with Crippen molar-refractivity contribution >= 4 is 35.5 Å². The number of carbonyl (C=O) groups is 1. The van der Waals surface area contributed by atoms with Gasteiger partial charge in [0.25, 0.3) is 0 Å². The lowest BCUT2D eigenvalue weighted by Gasteiger charge is -2.49. The van der Waals surface area contributed by atoms with Gasteiger partial charge < -0.3 is 4.74 Å². The first kappa shape index (κ1) is 23.6. The van der Waals surface area contributed by atoms with Gasteiger partial charge in [0, 0.05) is 12.6 Å². The molecule has 4 atom stereocenters. The Morgan fingerprint density at radius 2 is 1.88 bits per heavy atom. The number of carbonyl (C=O) groups excluding carboxylic acids is 1.